The van der Waals surface area contributed by atoms with Crippen LogP contribution >= 0.6 is 0 Å². The third-order valence-electron chi connectivity index (χ3n) is 8.78. The lowest BCUT2D eigenvalue weighted by Gasteiger charge is -2.21. The molecular weight excluding hydrogens is 384 g/mol. The van der Waals surface area contributed by atoms with Gasteiger partial charge in [-0.05, 0) is 108 Å². The second-order valence-electron chi connectivity index (χ2n) is 11.9. The first-order valence-corrected chi connectivity index (χ1v) is 13.6. The first-order chi connectivity index (χ1) is 15.4. The minimum absolute atomic E-state index is 0.663. The highest BCUT2D eigenvalue weighted by Gasteiger charge is 2.31. The number of fused-ring (bicyclic) bond motifs is 2. The normalized spacial score (nSPS) is 24.4. The van der Waals surface area contributed by atoms with E-state index in [9.17, 15) is 0 Å². The highest BCUT2D eigenvalue weighted by atomic mass is 14.4. The average Bonchev–Trinajstić information content (AvgIpc) is 2.97. The summed E-state index contributed by atoms with van der Waals surface area (Å²) in [5.74, 6) is 1.49. The zero-order chi connectivity index (χ0) is 22.7. The molecule has 0 bridgehead atoms. The summed E-state index contributed by atoms with van der Waals surface area (Å²) in [7, 11) is 0. The first-order valence-electron chi connectivity index (χ1n) is 13.6. The molecule has 2 unspecified atom stereocenters. The molecule has 5 rings (SSSR count). The molecule has 0 saturated heterocycles. The SMILES string of the molecule is CC1(C)CCCCCC1.Cc1ccccc1-c1c2c(cc3c1CC(C)C3C)CCCCC2. The average molecular weight is 431 g/mol. The smallest absolute Gasteiger partial charge is 0.0111 e. The van der Waals surface area contributed by atoms with Crippen LogP contribution in [0.2, 0.25) is 0 Å². The van der Waals surface area contributed by atoms with Crippen molar-refractivity contribution < 1.29 is 0 Å². The molecule has 0 aliphatic heterocycles. The third kappa shape index (κ3) is 5.16. The molecule has 1 fully saturated rings. The number of hydrogen-bond donors (Lipinski definition) is 0. The molecule has 0 radical (unpaired) electrons. The largest absolute Gasteiger partial charge is 0.0620 e. The minimum Gasteiger partial charge on any atom is -0.0620 e. The van der Waals surface area contributed by atoms with E-state index in [0.717, 1.165) is 5.92 Å². The summed E-state index contributed by atoms with van der Waals surface area (Å²) in [6.07, 6.45) is 16.7. The summed E-state index contributed by atoms with van der Waals surface area (Å²) < 4.78 is 0. The maximum absolute atomic E-state index is 2.59. The fourth-order valence-corrected chi connectivity index (χ4v) is 6.45. The molecule has 0 aromatic heterocycles. The van der Waals surface area contributed by atoms with Crippen LogP contribution in [0.1, 0.15) is 119 Å². The van der Waals surface area contributed by atoms with Gasteiger partial charge in [-0.15, -0.1) is 0 Å². The van der Waals surface area contributed by atoms with Crippen LogP contribution in [-0.4, -0.2) is 0 Å². The Kier molecular flexibility index (Phi) is 7.48. The maximum Gasteiger partial charge on any atom is -0.0111 e. The molecule has 2 aromatic carbocycles. The van der Waals surface area contributed by atoms with Gasteiger partial charge in [0.2, 0.25) is 0 Å². The van der Waals surface area contributed by atoms with Crippen molar-refractivity contribution in [2.75, 3.05) is 0 Å². The molecule has 32 heavy (non-hydrogen) atoms. The van der Waals surface area contributed by atoms with Gasteiger partial charge < -0.3 is 0 Å². The summed E-state index contributed by atoms with van der Waals surface area (Å²) in [6.45, 7) is 11.9. The minimum atomic E-state index is 0.663. The Morgan fingerprint density at radius 2 is 1.44 bits per heavy atom. The van der Waals surface area contributed by atoms with Gasteiger partial charge in [-0.2, -0.15) is 0 Å². The van der Waals surface area contributed by atoms with Gasteiger partial charge in [-0.1, -0.05) is 90.1 Å². The van der Waals surface area contributed by atoms with Gasteiger partial charge in [-0.3, -0.25) is 0 Å². The van der Waals surface area contributed by atoms with E-state index in [2.05, 4.69) is 65.0 Å². The molecule has 0 N–H and O–H groups in total. The summed E-state index contributed by atoms with van der Waals surface area (Å²) in [4.78, 5) is 0. The lowest BCUT2D eigenvalue weighted by Crippen LogP contribution is -2.08. The van der Waals surface area contributed by atoms with Crippen LogP contribution in [0.25, 0.3) is 11.1 Å². The van der Waals surface area contributed by atoms with Crippen molar-refractivity contribution in [3.05, 3.63) is 58.1 Å². The van der Waals surface area contributed by atoms with Crippen LogP contribution in [0.3, 0.4) is 0 Å². The fourth-order valence-electron chi connectivity index (χ4n) is 6.45. The predicted molar refractivity (Wildman–Crippen MR) is 141 cm³/mol. The monoisotopic (exact) mass is 430 g/mol. The highest BCUT2D eigenvalue weighted by molar-refractivity contribution is 5.77. The van der Waals surface area contributed by atoms with Gasteiger partial charge in [-0.25, -0.2) is 0 Å². The van der Waals surface area contributed by atoms with Crippen LogP contribution in [0.4, 0.5) is 0 Å². The molecule has 174 valence electrons. The van der Waals surface area contributed by atoms with Gasteiger partial charge in [0.25, 0.3) is 0 Å². The fraction of sp³-hybridized carbons (Fsp3) is 0.625. The Labute approximate surface area is 198 Å². The van der Waals surface area contributed by atoms with Gasteiger partial charge >= 0.3 is 0 Å². The van der Waals surface area contributed by atoms with Crippen LogP contribution in [0.5, 0.6) is 0 Å². The second kappa shape index (κ2) is 10.1. The molecule has 0 nitrogen and oxygen atoms in total. The van der Waals surface area contributed by atoms with E-state index in [-0.39, 0.29) is 0 Å². The van der Waals surface area contributed by atoms with Gasteiger partial charge in [0.1, 0.15) is 0 Å². The van der Waals surface area contributed by atoms with Crippen LogP contribution < -0.4 is 0 Å². The molecule has 1 saturated carbocycles. The summed E-state index contributed by atoms with van der Waals surface area (Å²) in [5.41, 5.74) is 11.8. The van der Waals surface area contributed by atoms with E-state index >= 15 is 0 Å². The van der Waals surface area contributed by atoms with E-state index in [0.29, 0.717) is 11.3 Å². The molecule has 0 heteroatoms. The predicted octanol–water partition coefficient (Wildman–Crippen LogP) is 9.59. The summed E-state index contributed by atoms with van der Waals surface area (Å²) in [6, 6.07) is 11.6. The van der Waals surface area contributed by atoms with Crippen molar-refractivity contribution in [2.24, 2.45) is 11.3 Å². The van der Waals surface area contributed by atoms with E-state index in [1.165, 1.54) is 88.2 Å². The Balaban J connectivity index is 0.000000230. The topological polar surface area (TPSA) is 0 Å². The molecule has 2 atom stereocenters. The lowest BCUT2D eigenvalue weighted by atomic mass is 9.84. The van der Waals surface area contributed by atoms with Gasteiger partial charge in [0, 0.05) is 0 Å². The Bertz CT molecular complexity index is 902. The zero-order valence-electron chi connectivity index (χ0n) is 21.5. The van der Waals surface area contributed by atoms with Gasteiger partial charge in [0.15, 0.2) is 0 Å². The van der Waals surface area contributed by atoms with Crippen molar-refractivity contribution in [1.29, 1.82) is 0 Å². The van der Waals surface area contributed by atoms with Crippen LogP contribution in [0.15, 0.2) is 30.3 Å². The van der Waals surface area contributed by atoms with Gasteiger partial charge in [0.05, 0.1) is 0 Å². The number of rotatable bonds is 1. The second-order valence-corrected chi connectivity index (χ2v) is 11.9. The standard InChI is InChI=1S/C23H28.C9H18/c1-15-9-7-8-11-19(15)23-20-12-6-4-5-10-18(20)14-21-17(3)16(2)13-22(21)23;1-9(2)7-5-3-4-6-8-9/h7-9,11,14,16-17H,4-6,10,12-13H2,1-3H3;3-8H2,1-2H3. The molecule has 2 aromatic rings. The lowest BCUT2D eigenvalue weighted by molar-refractivity contribution is 0.314. The van der Waals surface area contributed by atoms with E-state index in [4.69, 9.17) is 0 Å². The van der Waals surface area contributed by atoms with Crippen molar-refractivity contribution >= 4 is 0 Å². The molecule has 0 amide bonds. The molecule has 0 spiro atoms. The van der Waals surface area contributed by atoms with Crippen molar-refractivity contribution in [2.45, 2.75) is 118 Å². The van der Waals surface area contributed by atoms with Crippen molar-refractivity contribution in [1.82, 2.24) is 0 Å². The zero-order valence-corrected chi connectivity index (χ0v) is 21.5. The summed E-state index contributed by atoms with van der Waals surface area (Å²) in [5, 5.41) is 0. The first kappa shape index (κ1) is 23.6. The third-order valence-corrected chi connectivity index (χ3v) is 8.78. The summed E-state index contributed by atoms with van der Waals surface area (Å²) >= 11 is 0. The van der Waals surface area contributed by atoms with E-state index in [1.807, 2.05) is 0 Å². The maximum atomic E-state index is 2.59. The quantitative estimate of drug-likeness (QED) is 0.312. The highest BCUT2D eigenvalue weighted by Crippen LogP contribution is 2.46. The molecule has 3 aliphatic rings. The van der Waals surface area contributed by atoms with E-state index < -0.39 is 0 Å². The number of hydrogen-bond acceptors (Lipinski definition) is 0. The molecule has 0 heterocycles. The number of benzene rings is 2. The van der Waals surface area contributed by atoms with Crippen molar-refractivity contribution in [3.63, 3.8) is 0 Å². The molecule has 3 aliphatic carbocycles. The van der Waals surface area contributed by atoms with Crippen LogP contribution in [0, 0.1) is 18.3 Å². The Morgan fingerprint density at radius 1 is 0.781 bits per heavy atom. The number of aryl methyl sites for hydroxylation is 2. The van der Waals surface area contributed by atoms with Crippen LogP contribution in [-0.2, 0) is 19.3 Å². The van der Waals surface area contributed by atoms with Crippen molar-refractivity contribution in [3.8, 4) is 11.1 Å². The Hall–Kier alpha value is -1.56. The van der Waals surface area contributed by atoms with E-state index in [1.54, 1.807) is 27.8 Å². The Morgan fingerprint density at radius 3 is 2.16 bits per heavy atom. The molecular formula is C32H46.